The van der Waals surface area contributed by atoms with Gasteiger partial charge in [-0.1, -0.05) is 6.07 Å². The highest BCUT2D eigenvalue weighted by Crippen LogP contribution is 2.24. The normalized spacial score (nSPS) is 17.8. The second-order valence-corrected chi connectivity index (χ2v) is 5.20. The molecule has 1 atom stereocenters. The number of pyridine rings is 2. The second kappa shape index (κ2) is 6.19. The number of hydrogen-bond donors (Lipinski definition) is 1. The molecule has 1 aliphatic rings. The van der Waals surface area contributed by atoms with Crippen molar-refractivity contribution < 1.29 is 9.57 Å². The molecule has 2 aromatic rings. The van der Waals surface area contributed by atoms with Crippen LogP contribution in [0.25, 0.3) is 0 Å². The average molecular weight is 349 g/mol. The number of hydrogen-bond acceptors (Lipinski definition) is 6. The molecule has 0 aliphatic carbocycles. The molecule has 21 heavy (non-hydrogen) atoms. The Morgan fingerprint density at radius 3 is 3.00 bits per heavy atom. The van der Waals surface area contributed by atoms with Crippen LogP contribution in [0, 0.1) is 0 Å². The van der Waals surface area contributed by atoms with Gasteiger partial charge in [0.25, 0.3) is 0 Å². The first-order valence-corrected chi connectivity index (χ1v) is 7.14. The summed E-state index contributed by atoms with van der Waals surface area (Å²) in [7, 11) is 1.57. The number of rotatable bonds is 3. The molecule has 2 aromatic heterocycles. The van der Waals surface area contributed by atoms with Gasteiger partial charge in [-0.25, -0.2) is 10.5 Å². The van der Waals surface area contributed by atoms with Crippen LogP contribution in [-0.4, -0.2) is 29.5 Å². The lowest BCUT2D eigenvalue weighted by molar-refractivity contribution is 0.0612. The molecule has 6 nitrogen and oxygen atoms in total. The zero-order chi connectivity index (χ0) is 14.7. The predicted octanol–water partition coefficient (Wildman–Crippen LogP) is 2.27. The van der Waals surface area contributed by atoms with Gasteiger partial charge in [-0.05, 0) is 40.2 Å². The number of aromatic nitrogens is 2. The second-order valence-electron chi connectivity index (χ2n) is 4.35. The minimum absolute atomic E-state index is 0.154. The lowest BCUT2D eigenvalue weighted by Gasteiger charge is -2.21. The fourth-order valence-electron chi connectivity index (χ4n) is 1.95. The van der Waals surface area contributed by atoms with Gasteiger partial charge in [-0.2, -0.15) is 0 Å². The van der Waals surface area contributed by atoms with E-state index in [0.29, 0.717) is 24.0 Å². The number of ether oxygens (including phenoxy) is 1. The summed E-state index contributed by atoms with van der Waals surface area (Å²) in [6, 6.07) is 9.27. The molecular weight excluding hydrogens is 336 g/mol. The molecule has 0 saturated carbocycles. The molecule has 3 heterocycles. The van der Waals surface area contributed by atoms with E-state index in [0.717, 1.165) is 10.2 Å². The third kappa shape index (κ3) is 3.03. The SMILES string of the molecule is COc1nc(C2=NC(c3ccccn3)CON2)ccc1Br. The number of aliphatic imine (C=N–C) groups is 1. The Hall–Kier alpha value is -1.99. The first-order chi connectivity index (χ1) is 10.3. The zero-order valence-corrected chi connectivity index (χ0v) is 12.9. The van der Waals surface area contributed by atoms with Gasteiger partial charge >= 0.3 is 0 Å². The molecule has 7 heteroatoms. The standard InChI is InChI=1S/C14H13BrN4O2/c1-20-14-9(15)5-6-11(18-14)13-17-12(8-21-19-13)10-4-2-3-7-16-10/h2-7,12H,8H2,1H3,(H,17,19). The third-order valence-electron chi connectivity index (χ3n) is 2.97. The van der Waals surface area contributed by atoms with Gasteiger partial charge in [0.15, 0.2) is 5.84 Å². The van der Waals surface area contributed by atoms with E-state index in [1.807, 2.05) is 30.3 Å². The monoisotopic (exact) mass is 348 g/mol. The van der Waals surface area contributed by atoms with Gasteiger partial charge in [0.1, 0.15) is 18.3 Å². The van der Waals surface area contributed by atoms with E-state index in [-0.39, 0.29) is 6.04 Å². The summed E-state index contributed by atoms with van der Waals surface area (Å²) in [6.07, 6.45) is 1.74. The number of methoxy groups -OCH3 is 1. The van der Waals surface area contributed by atoms with E-state index < -0.39 is 0 Å². The molecule has 0 amide bonds. The van der Waals surface area contributed by atoms with E-state index in [4.69, 9.17) is 9.57 Å². The molecule has 3 rings (SSSR count). The minimum atomic E-state index is -0.154. The fraction of sp³-hybridized carbons (Fsp3) is 0.214. The average Bonchev–Trinajstić information content (AvgIpc) is 2.56. The van der Waals surface area contributed by atoms with Crippen LogP contribution in [-0.2, 0) is 4.84 Å². The van der Waals surface area contributed by atoms with Crippen LogP contribution in [0.4, 0.5) is 0 Å². The zero-order valence-electron chi connectivity index (χ0n) is 11.3. The molecule has 0 fully saturated rings. The van der Waals surface area contributed by atoms with Crippen LogP contribution in [0.2, 0.25) is 0 Å². The third-order valence-corrected chi connectivity index (χ3v) is 3.58. The molecule has 0 saturated heterocycles. The topological polar surface area (TPSA) is 68.6 Å². The van der Waals surface area contributed by atoms with Crippen LogP contribution < -0.4 is 10.2 Å². The summed E-state index contributed by atoms with van der Waals surface area (Å²) in [5.41, 5.74) is 4.31. The van der Waals surface area contributed by atoms with Gasteiger partial charge < -0.3 is 4.74 Å². The van der Waals surface area contributed by atoms with Crippen LogP contribution in [0.15, 0.2) is 46.0 Å². The van der Waals surface area contributed by atoms with Crippen molar-refractivity contribution in [3.05, 3.63) is 52.4 Å². The van der Waals surface area contributed by atoms with Crippen LogP contribution >= 0.6 is 15.9 Å². The van der Waals surface area contributed by atoms with Gasteiger partial charge in [0.05, 0.1) is 17.3 Å². The van der Waals surface area contributed by atoms with Gasteiger partial charge in [0, 0.05) is 6.20 Å². The molecule has 0 spiro atoms. The van der Waals surface area contributed by atoms with E-state index in [9.17, 15) is 0 Å². The Kier molecular flexibility index (Phi) is 4.12. The maximum absolute atomic E-state index is 5.39. The molecule has 0 bridgehead atoms. The highest BCUT2D eigenvalue weighted by molar-refractivity contribution is 9.10. The summed E-state index contributed by atoms with van der Waals surface area (Å²) in [4.78, 5) is 18.7. The molecule has 0 radical (unpaired) electrons. The number of nitrogens with zero attached hydrogens (tertiary/aromatic N) is 3. The first kappa shape index (κ1) is 14.0. The molecule has 108 valence electrons. The van der Waals surface area contributed by atoms with Crippen molar-refractivity contribution in [2.45, 2.75) is 6.04 Å². The summed E-state index contributed by atoms with van der Waals surface area (Å²) in [5, 5.41) is 0. The van der Waals surface area contributed by atoms with Crippen LogP contribution in [0.3, 0.4) is 0 Å². The predicted molar refractivity (Wildman–Crippen MR) is 81.1 cm³/mol. The van der Waals surface area contributed by atoms with E-state index >= 15 is 0 Å². The smallest absolute Gasteiger partial charge is 0.228 e. The van der Waals surface area contributed by atoms with Crippen molar-refractivity contribution in [1.82, 2.24) is 15.4 Å². The maximum Gasteiger partial charge on any atom is 0.228 e. The highest BCUT2D eigenvalue weighted by atomic mass is 79.9. The first-order valence-electron chi connectivity index (χ1n) is 6.35. The lowest BCUT2D eigenvalue weighted by atomic mass is 10.2. The van der Waals surface area contributed by atoms with Crippen molar-refractivity contribution in [2.75, 3.05) is 13.7 Å². The van der Waals surface area contributed by atoms with Crippen LogP contribution in [0.5, 0.6) is 5.88 Å². The Morgan fingerprint density at radius 2 is 2.24 bits per heavy atom. The Labute approximate surface area is 130 Å². The Bertz CT molecular complexity index is 663. The number of hydroxylamine groups is 1. The fourth-order valence-corrected chi connectivity index (χ4v) is 2.33. The quantitative estimate of drug-likeness (QED) is 0.921. The lowest BCUT2D eigenvalue weighted by Crippen LogP contribution is -2.33. The van der Waals surface area contributed by atoms with Crippen molar-refractivity contribution in [3.8, 4) is 5.88 Å². The molecule has 0 aromatic carbocycles. The van der Waals surface area contributed by atoms with Crippen molar-refractivity contribution in [3.63, 3.8) is 0 Å². The van der Waals surface area contributed by atoms with E-state index in [2.05, 4.69) is 36.4 Å². The summed E-state index contributed by atoms with van der Waals surface area (Å²) in [6.45, 7) is 0.425. The largest absolute Gasteiger partial charge is 0.480 e. The summed E-state index contributed by atoms with van der Waals surface area (Å²) in [5.74, 6) is 1.06. The van der Waals surface area contributed by atoms with Crippen molar-refractivity contribution in [1.29, 1.82) is 0 Å². The Morgan fingerprint density at radius 1 is 1.33 bits per heavy atom. The maximum atomic E-state index is 5.39. The Balaban J connectivity index is 1.93. The van der Waals surface area contributed by atoms with Crippen molar-refractivity contribution in [2.24, 2.45) is 4.99 Å². The number of amidine groups is 1. The summed E-state index contributed by atoms with van der Waals surface area (Å²) >= 11 is 3.37. The molecule has 1 N–H and O–H groups in total. The summed E-state index contributed by atoms with van der Waals surface area (Å²) < 4.78 is 5.98. The van der Waals surface area contributed by atoms with Gasteiger partial charge in [-0.15, -0.1) is 0 Å². The van der Waals surface area contributed by atoms with E-state index in [1.165, 1.54) is 0 Å². The molecule has 1 unspecified atom stereocenters. The number of nitrogens with one attached hydrogen (secondary N) is 1. The minimum Gasteiger partial charge on any atom is -0.480 e. The van der Waals surface area contributed by atoms with Gasteiger partial charge in [-0.3, -0.25) is 14.8 Å². The molecule has 1 aliphatic heterocycles. The number of halogens is 1. The van der Waals surface area contributed by atoms with E-state index in [1.54, 1.807) is 13.3 Å². The van der Waals surface area contributed by atoms with Crippen LogP contribution in [0.1, 0.15) is 17.4 Å². The van der Waals surface area contributed by atoms with Crippen molar-refractivity contribution >= 4 is 21.8 Å². The van der Waals surface area contributed by atoms with Gasteiger partial charge in [0.2, 0.25) is 5.88 Å². The highest BCUT2D eigenvalue weighted by Gasteiger charge is 2.20. The molecular formula is C14H13BrN4O2.